The molecule has 4 N–H and O–H groups in total. The number of aliphatic hydroxyl groups is 1. The predicted molar refractivity (Wildman–Crippen MR) is 71.2 cm³/mol. The lowest BCUT2D eigenvalue weighted by atomic mass is 10.1. The minimum atomic E-state index is -1.46. The molecular weight excluding hydrogens is 248 g/mol. The van der Waals surface area contributed by atoms with E-state index in [0.717, 1.165) is 11.1 Å². The Morgan fingerprint density at radius 2 is 1.79 bits per heavy atom. The predicted octanol–water partition coefficient (Wildman–Crippen LogP) is 1.26. The Balaban J connectivity index is 2.41. The van der Waals surface area contributed by atoms with Crippen molar-refractivity contribution in [2.75, 3.05) is 11.9 Å². The lowest BCUT2D eigenvalue weighted by Gasteiger charge is -2.10. The van der Waals surface area contributed by atoms with E-state index >= 15 is 0 Å². The number of carbonyl (C=O) groups is 2. The number of amides is 2. The molecule has 0 fully saturated rings. The van der Waals surface area contributed by atoms with E-state index < -0.39 is 18.1 Å². The summed E-state index contributed by atoms with van der Waals surface area (Å²) in [7, 11) is 0. The highest BCUT2D eigenvalue weighted by Gasteiger charge is 2.12. The summed E-state index contributed by atoms with van der Waals surface area (Å²) in [5.41, 5.74) is 2.75. The van der Waals surface area contributed by atoms with Crippen LogP contribution >= 0.6 is 0 Å². The fraction of sp³-hybridized carbons (Fsp3) is 0.385. The van der Waals surface area contributed by atoms with Crippen molar-refractivity contribution in [2.45, 2.75) is 26.4 Å². The summed E-state index contributed by atoms with van der Waals surface area (Å²) in [6.45, 7) is 3.95. The Morgan fingerprint density at radius 3 is 2.32 bits per heavy atom. The normalized spacial score (nSPS) is 11.7. The van der Waals surface area contributed by atoms with E-state index in [1.54, 1.807) is 0 Å². The second-order valence-electron chi connectivity index (χ2n) is 4.40. The molecule has 0 unspecified atom stereocenters. The number of aryl methyl sites for hydroxylation is 2. The second kappa shape index (κ2) is 6.75. The largest absolute Gasteiger partial charge is 0.479 e. The molecule has 0 radical (unpaired) electrons. The van der Waals surface area contributed by atoms with Crippen LogP contribution in [0.5, 0.6) is 0 Å². The van der Waals surface area contributed by atoms with Gasteiger partial charge in [0, 0.05) is 18.7 Å². The maximum atomic E-state index is 11.5. The first kappa shape index (κ1) is 15.0. The standard InChI is InChI=1S/C13H18N2O4/c1-8-5-9(2)7-10(6-8)15-13(19)14-4-3-11(16)12(17)18/h5-7,11,16H,3-4H2,1-2H3,(H,17,18)(H2,14,15,19)/t11-/m0/s1. The SMILES string of the molecule is Cc1cc(C)cc(NC(=O)NCC[C@H](O)C(=O)O)c1. The first-order valence-corrected chi connectivity index (χ1v) is 5.92. The molecule has 1 atom stereocenters. The summed E-state index contributed by atoms with van der Waals surface area (Å²) in [5, 5.41) is 22.6. The van der Waals surface area contributed by atoms with Crippen LogP contribution in [-0.4, -0.2) is 34.9 Å². The molecule has 0 saturated heterocycles. The summed E-state index contributed by atoms with van der Waals surface area (Å²) in [5.74, 6) is -1.29. The van der Waals surface area contributed by atoms with Crippen molar-refractivity contribution in [2.24, 2.45) is 0 Å². The van der Waals surface area contributed by atoms with Crippen molar-refractivity contribution in [3.63, 3.8) is 0 Å². The van der Waals surface area contributed by atoms with E-state index in [1.165, 1.54) is 0 Å². The summed E-state index contributed by atoms with van der Waals surface area (Å²) in [6, 6.07) is 5.23. The molecule has 6 nitrogen and oxygen atoms in total. The van der Waals surface area contributed by atoms with Crippen LogP contribution < -0.4 is 10.6 Å². The van der Waals surface area contributed by atoms with Gasteiger partial charge in [-0.05, 0) is 37.1 Å². The van der Waals surface area contributed by atoms with E-state index in [4.69, 9.17) is 10.2 Å². The number of urea groups is 1. The highest BCUT2D eigenvalue weighted by atomic mass is 16.4. The summed E-state index contributed by atoms with van der Waals surface area (Å²) in [4.78, 5) is 21.9. The van der Waals surface area contributed by atoms with Crippen molar-refractivity contribution in [1.82, 2.24) is 5.32 Å². The summed E-state index contributed by atoms with van der Waals surface area (Å²) < 4.78 is 0. The van der Waals surface area contributed by atoms with Gasteiger partial charge in [0.2, 0.25) is 0 Å². The van der Waals surface area contributed by atoms with E-state index in [9.17, 15) is 9.59 Å². The molecule has 0 aromatic heterocycles. The van der Waals surface area contributed by atoms with Gasteiger partial charge in [0.05, 0.1) is 0 Å². The third-order valence-corrected chi connectivity index (χ3v) is 2.47. The molecule has 0 aliphatic carbocycles. The van der Waals surface area contributed by atoms with Crippen molar-refractivity contribution < 1.29 is 19.8 Å². The van der Waals surface area contributed by atoms with Crippen LogP contribution in [0, 0.1) is 13.8 Å². The summed E-state index contributed by atoms with van der Waals surface area (Å²) in [6.07, 6.45) is -1.49. The molecule has 0 aliphatic rings. The fourth-order valence-corrected chi connectivity index (χ4v) is 1.67. The Labute approximate surface area is 111 Å². The van der Waals surface area contributed by atoms with E-state index in [-0.39, 0.29) is 13.0 Å². The van der Waals surface area contributed by atoms with Gasteiger partial charge < -0.3 is 20.8 Å². The molecule has 0 heterocycles. The van der Waals surface area contributed by atoms with Gasteiger partial charge >= 0.3 is 12.0 Å². The van der Waals surface area contributed by atoms with Gasteiger partial charge in [0.25, 0.3) is 0 Å². The number of hydrogen-bond donors (Lipinski definition) is 4. The molecule has 2 amide bonds. The molecule has 19 heavy (non-hydrogen) atoms. The van der Waals surface area contributed by atoms with E-state index in [2.05, 4.69) is 10.6 Å². The molecular formula is C13H18N2O4. The number of nitrogens with one attached hydrogen (secondary N) is 2. The van der Waals surface area contributed by atoms with Gasteiger partial charge in [-0.3, -0.25) is 0 Å². The zero-order valence-corrected chi connectivity index (χ0v) is 10.9. The Bertz CT molecular complexity index is 453. The lowest BCUT2D eigenvalue weighted by Crippen LogP contribution is -2.33. The van der Waals surface area contributed by atoms with Gasteiger partial charge in [0.1, 0.15) is 0 Å². The van der Waals surface area contributed by atoms with Gasteiger partial charge in [-0.25, -0.2) is 9.59 Å². The highest BCUT2D eigenvalue weighted by Crippen LogP contribution is 2.13. The zero-order valence-electron chi connectivity index (χ0n) is 10.9. The zero-order chi connectivity index (χ0) is 14.4. The van der Waals surface area contributed by atoms with E-state index in [1.807, 2.05) is 32.0 Å². The minimum Gasteiger partial charge on any atom is -0.479 e. The number of rotatable bonds is 5. The maximum Gasteiger partial charge on any atom is 0.332 e. The first-order chi connectivity index (χ1) is 8.88. The minimum absolute atomic E-state index is 0.0321. The third kappa shape index (κ3) is 5.39. The maximum absolute atomic E-state index is 11.5. The van der Waals surface area contributed by atoms with Gasteiger partial charge in [-0.15, -0.1) is 0 Å². The van der Waals surface area contributed by atoms with Gasteiger partial charge in [-0.2, -0.15) is 0 Å². The van der Waals surface area contributed by atoms with Gasteiger partial charge in [-0.1, -0.05) is 6.07 Å². The Kier molecular flexibility index (Phi) is 5.32. The van der Waals surface area contributed by atoms with Crippen LogP contribution in [-0.2, 0) is 4.79 Å². The lowest BCUT2D eigenvalue weighted by molar-refractivity contribution is -0.146. The number of anilines is 1. The van der Waals surface area contributed by atoms with E-state index in [0.29, 0.717) is 5.69 Å². The molecule has 104 valence electrons. The van der Waals surface area contributed by atoms with Crippen LogP contribution in [0.2, 0.25) is 0 Å². The van der Waals surface area contributed by atoms with Crippen molar-refractivity contribution >= 4 is 17.7 Å². The molecule has 0 spiro atoms. The van der Waals surface area contributed by atoms with Crippen molar-refractivity contribution in [1.29, 1.82) is 0 Å². The molecule has 0 aliphatic heterocycles. The van der Waals surface area contributed by atoms with Crippen molar-refractivity contribution in [3.05, 3.63) is 29.3 Å². The number of carbonyl (C=O) groups excluding carboxylic acids is 1. The molecule has 1 rings (SSSR count). The topological polar surface area (TPSA) is 98.7 Å². The number of carboxylic acid groups (broad SMARTS) is 1. The molecule has 0 saturated carbocycles. The molecule has 1 aromatic carbocycles. The van der Waals surface area contributed by atoms with Crippen LogP contribution in [0.15, 0.2) is 18.2 Å². The van der Waals surface area contributed by atoms with Crippen LogP contribution in [0.3, 0.4) is 0 Å². The smallest absolute Gasteiger partial charge is 0.332 e. The Morgan fingerprint density at radius 1 is 1.21 bits per heavy atom. The average Bonchev–Trinajstić information content (AvgIpc) is 2.26. The van der Waals surface area contributed by atoms with Crippen LogP contribution in [0.4, 0.5) is 10.5 Å². The monoisotopic (exact) mass is 266 g/mol. The number of hydrogen-bond acceptors (Lipinski definition) is 3. The number of benzene rings is 1. The fourth-order valence-electron chi connectivity index (χ4n) is 1.67. The molecule has 6 heteroatoms. The number of aliphatic hydroxyl groups excluding tert-OH is 1. The van der Waals surface area contributed by atoms with Crippen molar-refractivity contribution in [3.8, 4) is 0 Å². The van der Waals surface area contributed by atoms with Gasteiger partial charge in [0.15, 0.2) is 6.10 Å². The quantitative estimate of drug-likeness (QED) is 0.644. The highest BCUT2D eigenvalue weighted by molar-refractivity contribution is 5.89. The third-order valence-electron chi connectivity index (χ3n) is 2.47. The summed E-state index contributed by atoms with van der Waals surface area (Å²) >= 11 is 0. The first-order valence-electron chi connectivity index (χ1n) is 5.92. The number of carboxylic acids is 1. The molecule has 0 bridgehead atoms. The Hall–Kier alpha value is -2.08. The average molecular weight is 266 g/mol. The van der Waals surface area contributed by atoms with Crippen LogP contribution in [0.1, 0.15) is 17.5 Å². The van der Waals surface area contributed by atoms with Crippen LogP contribution in [0.25, 0.3) is 0 Å². The second-order valence-corrected chi connectivity index (χ2v) is 4.40. The number of aliphatic carboxylic acids is 1. The molecule has 1 aromatic rings.